The van der Waals surface area contributed by atoms with E-state index >= 15 is 0 Å². The zero-order valence-corrected chi connectivity index (χ0v) is 20.2. The molecular weight excluding hydrogens is 493 g/mol. The predicted molar refractivity (Wildman–Crippen MR) is 132 cm³/mol. The maximum Gasteiger partial charge on any atom is 0.295 e. The van der Waals surface area contributed by atoms with Crippen LogP contribution in [0.1, 0.15) is 40.0 Å². The van der Waals surface area contributed by atoms with Gasteiger partial charge in [0.1, 0.15) is 5.82 Å². The number of H-pyrrole nitrogens is 1. The van der Waals surface area contributed by atoms with Gasteiger partial charge in [0.25, 0.3) is 11.7 Å². The van der Waals surface area contributed by atoms with E-state index in [0.29, 0.717) is 37.3 Å². The van der Waals surface area contributed by atoms with Crippen LogP contribution in [0.2, 0.25) is 0 Å². The minimum Gasteiger partial charge on any atom is -0.357 e. The summed E-state index contributed by atoms with van der Waals surface area (Å²) in [6, 6.07) is 5.42. The summed E-state index contributed by atoms with van der Waals surface area (Å²) in [7, 11) is 0. The lowest BCUT2D eigenvalue weighted by Gasteiger charge is -2.35. The van der Waals surface area contributed by atoms with Gasteiger partial charge in [-0.1, -0.05) is 5.21 Å². The first-order valence-corrected chi connectivity index (χ1v) is 12.0. The van der Waals surface area contributed by atoms with Crippen LogP contribution in [-0.4, -0.2) is 78.5 Å². The van der Waals surface area contributed by atoms with Crippen LogP contribution in [-0.2, 0) is 4.79 Å². The predicted octanol–water partition coefficient (Wildman–Crippen LogP) is 2.09. The molecule has 4 aromatic rings. The number of aromatic amines is 1. The van der Waals surface area contributed by atoms with Gasteiger partial charge in [-0.25, -0.2) is 19.0 Å². The van der Waals surface area contributed by atoms with Gasteiger partial charge in [-0.05, 0) is 18.6 Å². The summed E-state index contributed by atoms with van der Waals surface area (Å²) in [4.78, 5) is 53.5. The van der Waals surface area contributed by atoms with Crippen LogP contribution in [0.3, 0.4) is 0 Å². The molecule has 5 rings (SSSR count). The molecule has 0 spiro atoms. The third-order valence-corrected chi connectivity index (χ3v) is 6.37. The number of ketones is 2. The third kappa shape index (κ3) is 4.59. The first-order chi connectivity index (χ1) is 18.5. The number of anilines is 1. The van der Waals surface area contributed by atoms with Gasteiger partial charge in [-0.15, -0.1) is 5.10 Å². The van der Waals surface area contributed by atoms with Crippen molar-refractivity contribution in [3.8, 4) is 11.9 Å². The summed E-state index contributed by atoms with van der Waals surface area (Å²) in [6.45, 7) is 1.16. The van der Waals surface area contributed by atoms with Crippen LogP contribution < -0.4 is 4.90 Å². The lowest BCUT2D eigenvalue weighted by molar-refractivity contribution is -0.126. The summed E-state index contributed by atoms with van der Waals surface area (Å²) in [6.07, 6.45) is 7.84. The van der Waals surface area contributed by atoms with Gasteiger partial charge < -0.3 is 14.8 Å². The molecule has 4 aromatic heterocycles. The molecule has 5 heterocycles. The normalized spacial score (nSPS) is 13.5. The Balaban J connectivity index is 1.30. The lowest BCUT2D eigenvalue weighted by Crippen LogP contribution is -2.51. The highest BCUT2D eigenvalue weighted by Crippen LogP contribution is 2.27. The lowest BCUT2D eigenvalue weighted by atomic mass is 10.1. The van der Waals surface area contributed by atoms with Crippen molar-refractivity contribution in [1.82, 2.24) is 34.8 Å². The molecule has 0 atom stereocenters. The quantitative estimate of drug-likeness (QED) is 0.211. The van der Waals surface area contributed by atoms with Gasteiger partial charge in [-0.2, -0.15) is 5.26 Å². The summed E-state index contributed by atoms with van der Waals surface area (Å²) in [5.74, 6) is -1.68. The Hall–Kier alpha value is -4.99. The summed E-state index contributed by atoms with van der Waals surface area (Å²) < 4.78 is 16.1. The number of nitrogens with one attached hydrogen (secondary N) is 1. The number of hydrogen-bond donors (Lipinski definition) is 1. The van der Waals surface area contributed by atoms with Crippen LogP contribution in [0.5, 0.6) is 0 Å². The molecule has 38 heavy (non-hydrogen) atoms. The Kier molecular flexibility index (Phi) is 6.86. The van der Waals surface area contributed by atoms with Gasteiger partial charge in [0, 0.05) is 51.4 Å². The highest BCUT2D eigenvalue weighted by molar-refractivity contribution is 6.45. The number of amides is 1. The largest absolute Gasteiger partial charge is 0.357 e. The first kappa shape index (κ1) is 24.7. The smallest absolute Gasteiger partial charge is 0.295 e. The fraction of sp³-hybridized carbons (Fsp3) is 0.280. The number of hydrogen-bond acceptors (Lipinski definition) is 9. The number of halogens is 1. The van der Waals surface area contributed by atoms with E-state index in [1.165, 1.54) is 28.2 Å². The molecule has 0 bridgehead atoms. The van der Waals surface area contributed by atoms with Crippen molar-refractivity contribution in [2.75, 3.05) is 31.1 Å². The maximum atomic E-state index is 14.7. The summed E-state index contributed by atoms with van der Waals surface area (Å²) >= 11 is 0. The molecular formula is C25H22FN9O3. The number of Topliss-reactive ketones (excluding diaryl/α,β-unsaturated/α-hetero) is 2. The van der Waals surface area contributed by atoms with E-state index in [1.54, 1.807) is 18.3 Å². The second-order valence-corrected chi connectivity index (χ2v) is 8.65. The second kappa shape index (κ2) is 10.6. The second-order valence-electron chi connectivity index (χ2n) is 8.65. The van der Waals surface area contributed by atoms with Gasteiger partial charge in [0.05, 0.1) is 46.7 Å². The number of carbonyl (C=O) groups excluding carboxylic acids is 3. The Morgan fingerprint density at radius 3 is 2.63 bits per heavy atom. The molecule has 192 valence electrons. The van der Waals surface area contributed by atoms with Crippen molar-refractivity contribution in [1.29, 1.82) is 5.26 Å². The number of aromatic nitrogens is 6. The van der Waals surface area contributed by atoms with Crippen LogP contribution in [0.4, 0.5) is 10.2 Å². The van der Waals surface area contributed by atoms with E-state index in [1.807, 2.05) is 11.0 Å². The average Bonchev–Trinajstić information content (AvgIpc) is 3.64. The highest BCUT2D eigenvalue weighted by atomic mass is 19.1. The number of carbonyl (C=O) groups is 3. The molecule has 1 N–H and O–H groups in total. The SMILES string of the molecule is N#CCCCC(=O)c1cccnc1N1CCN(C(=O)C(=O)c2c[nH]c3c(-n4ccnn4)ncc(F)c23)CC1. The Bertz CT molecular complexity index is 1550. The van der Waals surface area contributed by atoms with E-state index in [4.69, 9.17) is 5.26 Å². The topological polar surface area (TPSA) is 154 Å². The Labute approximate surface area is 215 Å². The maximum absolute atomic E-state index is 14.7. The fourth-order valence-electron chi connectivity index (χ4n) is 4.48. The van der Waals surface area contributed by atoms with Gasteiger partial charge in [-0.3, -0.25) is 14.4 Å². The molecule has 1 amide bonds. The molecule has 0 unspecified atom stereocenters. The number of pyridine rings is 2. The number of unbranched alkanes of at least 4 members (excludes halogenated alkanes) is 1. The van der Waals surface area contributed by atoms with E-state index in [2.05, 4.69) is 25.3 Å². The van der Waals surface area contributed by atoms with Crippen molar-refractivity contribution in [3.05, 3.63) is 60.1 Å². The van der Waals surface area contributed by atoms with Crippen molar-refractivity contribution in [3.63, 3.8) is 0 Å². The number of nitriles is 1. The monoisotopic (exact) mass is 515 g/mol. The zero-order chi connectivity index (χ0) is 26.6. The van der Waals surface area contributed by atoms with Crippen LogP contribution in [0, 0.1) is 17.1 Å². The molecule has 1 saturated heterocycles. The van der Waals surface area contributed by atoms with E-state index in [-0.39, 0.29) is 47.6 Å². The molecule has 0 aliphatic carbocycles. The molecule has 13 heteroatoms. The molecule has 1 fully saturated rings. The van der Waals surface area contributed by atoms with Crippen molar-refractivity contribution >= 4 is 34.2 Å². The minimum absolute atomic E-state index is 0.0458. The molecule has 0 aromatic carbocycles. The minimum atomic E-state index is -0.842. The van der Waals surface area contributed by atoms with Gasteiger partial charge in [0.15, 0.2) is 17.4 Å². The van der Waals surface area contributed by atoms with Crippen LogP contribution in [0.15, 0.2) is 43.1 Å². The Morgan fingerprint density at radius 1 is 1.08 bits per heavy atom. The molecule has 0 radical (unpaired) electrons. The number of piperazine rings is 1. The zero-order valence-electron chi connectivity index (χ0n) is 20.2. The van der Waals surface area contributed by atoms with Crippen LogP contribution >= 0.6 is 0 Å². The molecule has 12 nitrogen and oxygen atoms in total. The fourth-order valence-corrected chi connectivity index (χ4v) is 4.48. The van der Waals surface area contributed by atoms with Gasteiger partial charge in [0.2, 0.25) is 0 Å². The molecule has 0 saturated carbocycles. The van der Waals surface area contributed by atoms with E-state index in [9.17, 15) is 18.8 Å². The van der Waals surface area contributed by atoms with Crippen molar-refractivity contribution < 1.29 is 18.8 Å². The average molecular weight is 516 g/mol. The van der Waals surface area contributed by atoms with Crippen molar-refractivity contribution in [2.24, 2.45) is 0 Å². The number of fused-ring (bicyclic) bond motifs is 1. The Morgan fingerprint density at radius 2 is 1.89 bits per heavy atom. The van der Waals surface area contributed by atoms with Gasteiger partial charge >= 0.3 is 0 Å². The highest BCUT2D eigenvalue weighted by Gasteiger charge is 2.31. The van der Waals surface area contributed by atoms with Crippen molar-refractivity contribution in [2.45, 2.75) is 19.3 Å². The number of nitrogens with zero attached hydrogens (tertiary/aromatic N) is 8. The number of rotatable bonds is 8. The van der Waals surface area contributed by atoms with Crippen LogP contribution in [0.25, 0.3) is 16.7 Å². The van der Waals surface area contributed by atoms with E-state index in [0.717, 1.165) is 6.20 Å². The first-order valence-electron chi connectivity index (χ1n) is 12.0. The molecule has 1 aliphatic rings. The summed E-state index contributed by atoms with van der Waals surface area (Å²) in [5.41, 5.74) is 0.592. The standard InChI is InChI=1S/C25H22FN9O3/c26-18-15-30-24(35-9-8-31-32-35)21-20(18)17(14-29-21)22(37)25(38)34-12-10-33(11-13-34)23-16(4-3-7-28-23)19(36)5-1-2-6-27/h3-4,7-9,14-15,29H,1-2,5,10-13H2. The third-order valence-electron chi connectivity index (χ3n) is 6.37. The summed E-state index contributed by atoms with van der Waals surface area (Å²) in [5, 5.41) is 16.3. The van der Waals surface area contributed by atoms with E-state index < -0.39 is 17.5 Å². The molecule has 1 aliphatic heterocycles.